The van der Waals surface area contributed by atoms with E-state index in [4.69, 9.17) is 5.26 Å². The highest BCUT2D eigenvalue weighted by molar-refractivity contribution is 5.93. The molecule has 1 aromatic carbocycles. The Bertz CT molecular complexity index is 508. The molecule has 0 fully saturated rings. The number of benzene rings is 1. The van der Waals surface area contributed by atoms with Gasteiger partial charge in [-0.15, -0.1) is 0 Å². The van der Waals surface area contributed by atoms with E-state index in [1.807, 2.05) is 0 Å². The van der Waals surface area contributed by atoms with E-state index >= 15 is 0 Å². The third-order valence-corrected chi connectivity index (χ3v) is 1.85. The number of carbonyl (C=O) groups excluding carboxylic acids is 1. The number of hydrogen-bond acceptors (Lipinski definition) is 3. The zero-order chi connectivity index (χ0) is 14.5. The number of rotatable bonds is 4. The lowest BCUT2D eigenvalue weighted by molar-refractivity contribution is -0.153. The molecule has 0 aliphatic rings. The lowest BCUT2D eigenvalue weighted by Gasteiger charge is -2.13. The summed E-state index contributed by atoms with van der Waals surface area (Å²) in [6, 6.07) is 4.21. The zero-order valence-electron chi connectivity index (χ0n) is 9.42. The van der Waals surface area contributed by atoms with Gasteiger partial charge in [-0.2, -0.15) is 18.4 Å². The molecule has 1 N–H and O–H groups in total. The van der Waals surface area contributed by atoms with Crippen LogP contribution < -0.4 is 10.1 Å². The quantitative estimate of drug-likeness (QED) is 0.860. The van der Waals surface area contributed by atoms with Crippen molar-refractivity contribution >= 4 is 11.6 Å². The summed E-state index contributed by atoms with van der Waals surface area (Å²) >= 11 is 0. The number of ether oxygens (including phenoxy) is 1. The molecule has 0 bridgehead atoms. The molecule has 0 saturated heterocycles. The Morgan fingerprint density at radius 2 is 2.11 bits per heavy atom. The third-order valence-electron chi connectivity index (χ3n) is 1.85. The molecule has 0 saturated carbocycles. The van der Waals surface area contributed by atoms with Gasteiger partial charge in [-0.05, 0) is 12.1 Å². The zero-order valence-corrected chi connectivity index (χ0v) is 9.42. The van der Waals surface area contributed by atoms with Crippen molar-refractivity contribution in [3.63, 3.8) is 0 Å². The van der Waals surface area contributed by atoms with Gasteiger partial charge in [0.1, 0.15) is 18.0 Å². The molecule has 19 heavy (non-hydrogen) atoms. The van der Waals surface area contributed by atoms with Crippen molar-refractivity contribution in [1.82, 2.24) is 0 Å². The summed E-state index contributed by atoms with van der Waals surface area (Å²) in [5.74, 6) is -1.86. The first-order chi connectivity index (χ1) is 8.81. The summed E-state index contributed by atoms with van der Waals surface area (Å²) in [5.41, 5.74) is -0.260. The van der Waals surface area contributed by atoms with Crippen LogP contribution in [-0.2, 0) is 4.79 Å². The second-order valence-electron chi connectivity index (χ2n) is 3.43. The van der Waals surface area contributed by atoms with Gasteiger partial charge in [0.15, 0.2) is 6.61 Å². The molecule has 0 radical (unpaired) electrons. The number of hydrogen-bond donors (Lipinski definition) is 1. The predicted molar refractivity (Wildman–Crippen MR) is 56.8 cm³/mol. The van der Waals surface area contributed by atoms with Crippen LogP contribution in [0.15, 0.2) is 18.2 Å². The summed E-state index contributed by atoms with van der Waals surface area (Å²) in [7, 11) is 0. The highest BCUT2D eigenvalue weighted by Crippen LogP contribution is 2.27. The molecule has 8 heteroatoms. The highest BCUT2D eigenvalue weighted by Gasteiger charge is 2.29. The number of nitrogens with one attached hydrogen (secondary N) is 1. The van der Waals surface area contributed by atoms with Gasteiger partial charge in [-0.25, -0.2) is 4.39 Å². The monoisotopic (exact) mass is 276 g/mol. The standard InChI is InChI=1S/C11H8F4N2O2/c12-7-1-2-9(19-6-11(13,14)15)8(5-7)17-10(18)3-4-16/h1-2,5H,3,6H2,(H,17,18). The Hall–Kier alpha value is -2.30. The topological polar surface area (TPSA) is 62.1 Å². The molecule has 0 heterocycles. The molecule has 4 nitrogen and oxygen atoms in total. The second-order valence-corrected chi connectivity index (χ2v) is 3.43. The molecule has 1 rings (SSSR count). The van der Waals surface area contributed by atoms with Gasteiger partial charge in [0.25, 0.3) is 0 Å². The third kappa shape index (κ3) is 5.25. The maximum absolute atomic E-state index is 13.0. The van der Waals surface area contributed by atoms with Crippen molar-refractivity contribution in [2.45, 2.75) is 12.6 Å². The van der Waals surface area contributed by atoms with Crippen LogP contribution in [0.25, 0.3) is 0 Å². The van der Waals surface area contributed by atoms with Crippen LogP contribution in [0, 0.1) is 17.1 Å². The van der Waals surface area contributed by atoms with Crippen LogP contribution in [-0.4, -0.2) is 18.7 Å². The van der Waals surface area contributed by atoms with Crippen molar-refractivity contribution in [2.24, 2.45) is 0 Å². The molecule has 1 aromatic rings. The van der Waals surface area contributed by atoms with Crippen molar-refractivity contribution in [2.75, 3.05) is 11.9 Å². The van der Waals surface area contributed by atoms with Crippen LogP contribution in [0.2, 0.25) is 0 Å². The normalized spacial score (nSPS) is 10.7. The molecule has 0 aliphatic carbocycles. The SMILES string of the molecule is N#CCC(=O)Nc1cc(F)ccc1OCC(F)(F)F. The molecule has 0 spiro atoms. The van der Waals surface area contributed by atoms with Crippen LogP contribution >= 0.6 is 0 Å². The predicted octanol–water partition coefficient (Wildman–Crippen LogP) is 2.62. The van der Waals surface area contributed by atoms with Gasteiger partial charge in [-0.3, -0.25) is 4.79 Å². The summed E-state index contributed by atoms with van der Waals surface area (Å²) < 4.78 is 53.4. The minimum absolute atomic E-state index is 0.260. The van der Waals surface area contributed by atoms with E-state index in [-0.39, 0.29) is 11.4 Å². The summed E-state index contributed by atoms with van der Waals surface area (Å²) in [4.78, 5) is 11.1. The Morgan fingerprint density at radius 3 is 2.68 bits per heavy atom. The van der Waals surface area contributed by atoms with E-state index in [9.17, 15) is 22.4 Å². The number of nitriles is 1. The Kier molecular flexibility index (Phi) is 4.69. The van der Waals surface area contributed by atoms with E-state index in [0.29, 0.717) is 0 Å². The number of carbonyl (C=O) groups is 1. The lowest BCUT2D eigenvalue weighted by atomic mass is 10.2. The summed E-state index contributed by atoms with van der Waals surface area (Å²) in [6.45, 7) is -1.57. The molecule has 0 unspecified atom stereocenters. The number of amides is 1. The van der Waals surface area contributed by atoms with Gasteiger partial charge >= 0.3 is 6.18 Å². The van der Waals surface area contributed by atoms with E-state index in [1.165, 1.54) is 0 Å². The molecule has 1 amide bonds. The van der Waals surface area contributed by atoms with Crippen LogP contribution in [0.3, 0.4) is 0 Å². The van der Waals surface area contributed by atoms with Gasteiger partial charge in [-0.1, -0.05) is 0 Å². The van der Waals surface area contributed by atoms with Gasteiger partial charge in [0, 0.05) is 6.07 Å². The van der Waals surface area contributed by atoms with Gasteiger partial charge in [0.2, 0.25) is 5.91 Å². The maximum atomic E-state index is 13.0. The smallest absolute Gasteiger partial charge is 0.422 e. The Labute approximate surface area is 105 Å². The first-order valence-corrected chi connectivity index (χ1v) is 4.98. The van der Waals surface area contributed by atoms with Gasteiger partial charge in [0.05, 0.1) is 11.8 Å². The maximum Gasteiger partial charge on any atom is 0.422 e. The fourth-order valence-corrected chi connectivity index (χ4v) is 1.15. The van der Waals surface area contributed by atoms with E-state index < -0.39 is 30.9 Å². The molecule has 0 aliphatic heterocycles. The van der Waals surface area contributed by atoms with E-state index in [2.05, 4.69) is 10.1 Å². The average Bonchev–Trinajstić information content (AvgIpc) is 2.27. The molecule has 0 atom stereocenters. The minimum Gasteiger partial charge on any atom is -0.482 e. The first kappa shape index (κ1) is 14.8. The number of anilines is 1. The van der Waals surface area contributed by atoms with Gasteiger partial charge < -0.3 is 10.1 Å². The van der Waals surface area contributed by atoms with E-state index in [0.717, 1.165) is 18.2 Å². The summed E-state index contributed by atoms with van der Waals surface area (Å²) in [5, 5.41) is 10.4. The lowest BCUT2D eigenvalue weighted by Crippen LogP contribution is -2.20. The van der Waals surface area contributed by atoms with Crippen molar-refractivity contribution in [1.29, 1.82) is 5.26 Å². The Balaban J connectivity index is 2.86. The second kappa shape index (κ2) is 6.04. The van der Waals surface area contributed by atoms with Crippen LogP contribution in [0.4, 0.5) is 23.2 Å². The number of alkyl halides is 3. The van der Waals surface area contributed by atoms with Crippen molar-refractivity contribution in [3.05, 3.63) is 24.0 Å². The Morgan fingerprint density at radius 1 is 1.42 bits per heavy atom. The highest BCUT2D eigenvalue weighted by atomic mass is 19.4. The fraction of sp³-hybridized carbons (Fsp3) is 0.273. The van der Waals surface area contributed by atoms with Crippen molar-refractivity contribution in [3.8, 4) is 11.8 Å². The molecular weight excluding hydrogens is 268 g/mol. The largest absolute Gasteiger partial charge is 0.482 e. The first-order valence-electron chi connectivity index (χ1n) is 4.98. The van der Waals surface area contributed by atoms with Crippen LogP contribution in [0.5, 0.6) is 5.75 Å². The molecule has 0 aromatic heterocycles. The molecule has 102 valence electrons. The average molecular weight is 276 g/mol. The number of nitrogens with zero attached hydrogens (tertiary/aromatic N) is 1. The van der Waals surface area contributed by atoms with E-state index in [1.54, 1.807) is 6.07 Å². The number of halogens is 4. The van der Waals surface area contributed by atoms with Crippen LogP contribution in [0.1, 0.15) is 6.42 Å². The summed E-state index contributed by atoms with van der Waals surface area (Å²) in [6.07, 6.45) is -5.06. The minimum atomic E-state index is -4.55. The van der Waals surface area contributed by atoms with Crippen molar-refractivity contribution < 1.29 is 27.1 Å². The molecular formula is C11H8F4N2O2. The fourth-order valence-electron chi connectivity index (χ4n) is 1.15.